The first-order valence-corrected chi connectivity index (χ1v) is 20.6. The normalized spacial score (nSPS) is 12.0. The second-order valence-corrected chi connectivity index (χ2v) is 15.2. The summed E-state index contributed by atoms with van der Waals surface area (Å²) in [5.74, 6) is 0.479. The van der Waals surface area contributed by atoms with Gasteiger partial charge in [-0.15, -0.1) is 0 Å². The van der Waals surface area contributed by atoms with Gasteiger partial charge in [0.1, 0.15) is 5.84 Å². The zero-order chi connectivity index (χ0) is 40.3. The van der Waals surface area contributed by atoms with Crippen molar-refractivity contribution in [2.45, 2.75) is 6.42 Å². The molecule has 0 saturated heterocycles. The quantitative estimate of drug-likeness (QED) is 0.0676. The van der Waals surface area contributed by atoms with Crippen LogP contribution in [0.1, 0.15) is 16.7 Å². The van der Waals surface area contributed by atoms with Gasteiger partial charge in [0.15, 0.2) is 0 Å². The molecule has 0 aromatic heterocycles. The van der Waals surface area contributed by atoms with E-state index >= 15 is 0 Å². The van der Waals surface area contributed by atoms with Gasteiger partial charge in [-0.1, -0.05) is 231 Å². The fourth-order valence-electron chi connectivity index (χ4n) is 8.68. The standard InChI is InChI=1S/C58H42N2/c59-58(46-24-11-4-12-25-46)60-54(38-35-48-39-47(40-17-5-1-6-18-40)34-36-49(48)41-19-7-2-8-20-41)43-29-31-45(32-30-43)56-52-28-16-15-27-51(52)55(44-22-9-3-10-23-44)53-37-33-42-21-13-14-26-50(42)57(53)56/h1-34,36-39H,35H2,(H2,59,60)/b54-38-. The highest BCUT2D eigenvalue weighted by molar-refractivity contribution is 6.27. The van der Waals surface area contributed by atoms with E-state index in [1.165, 1.54) is 76.8 Å². The van der Waals surface area contributed by atoms with Gasteiger partial charge in [0.25, 0.3) is 0 Å². The molecule has 10 aromatic carbocycles. The van der Waals surface area contributed by atoms with Gasteiger partial charge < -0.3 is 5.73 Å². The number of hydrogen-bond donors (Lipinski definition) is 1. The van der Waals surface area contributed by atoms with Gasteiger partial charge in [-0.05, 0) is 94.4 Å². The first kappa shape index (κ1) is 36.5. The van der Waals surface area contributed by atoms with Gasteiger partial charge in [0.05, 0.1) is 5.70 Å². The molecule has 0 aliphatic rings. The summed E-state index contributed by atoms with van der Waals surface area (Å²) in [6.45, 7) is 0. The first-order chi connectivity index (χ1) is 29.7. The Morgan fingerprint density at radius 1 is 0.400 bits per heavy atom. The second-order valence-electron chi connectivity index (χ2n) is 15.2. The maximum Gasteiger partial charge on any atom is 0.131 e. The smallest absolute Gasteiger partial charge is 0.131 e. The third-order valence-electron chi connectivity index (χ3n) is 11.6. The van der Waals surface area contributed by atoms with Crippen LogP contribution in [0.25, 0.3) is 82.5 Å². The number of fused-ring (bicyclic) bond motifs is 4. The van der Waals surface area contributed by atoms with Crippen LogP contribution >= 0.6 is 0 Å². The van der Waals surface area contributed by atoms with Crippen molar-refractivity contribution in [3.05, 3.63) is 247 Å². The van der Waals surface area contributed by atoms with Crippen LogP contribution < -0.4 is 5.73 Å². The lowest BCUT2D eigenvalue weighted by molar-refractivity contribution is 1.26. The lowest BCUT2D eigenvalue weighted by Gasteiger charge is -2.19. The monoisotopic (exact) mass is 766 g/mol. The van der Waals surface area contributed by atoms with Gasteiger partial charge in [-0.2, -0.15) is 0 Å². The molecule has 0 fully saturated rings. The molecule has 2 N–H and O–H groups in total. The van der Waals surface area contributed by atoms with Crippen LogP contribution in [-0.4, -0.2) is 5.84 Å². The van der Waals surface area contributed by atoms with Crippen molar-refractivity contribution in [2.75, 3.05) is 0 Å². The first-order valence-electron chi connectivity index (χ1n) is 20.6. The molecule has 10 rings (SSSR count). The van der Waals surface area contributed by atoms with E-state index in [0.29, 0.717) is 12.3 Å². The molecule has 0 saturated carbocycles. The van der Waals surface area contributed by atoms with Crippen molar-refractivity contribution in [1.29, 1.82) is 0 Å². The van der Waals surface area contributed by atoms with Crippen LogP contribution in [0, 0.1) is 0 Å². The summed E-state index contributed by atoms with van der Waals surface area (Å²) in [6.07, 6.45) is 2.89. The zero-order valence-corrected chi connectivity index (χ0v) is 33.2. The van der Waals surface area contributed by atoms with E-state index in [1.54, 1.807) is 0 Å². The molecule has 0 heterocycles. The van der Waals surface area contributed by atoms with E-state index < -0.39 is 0 Å². The molecule has 10 aromatic rings. The van der Waals surface area contributed by atoms with Gasteiger partial charge in [0, 0.05) is 5.56 Å². The summed E-state index contributed by atoms with van der Waals surface area (Å²) in [5, 5.41) is 7.42. The van der Waals surface area contributed by atoms with E-state index in [4.69, 9.17) is 10.7 Å². The number of rotatable bonds is 9. The predicted octanol–water partition coefficient (Wildman–Crippen LogP) is 14.8. The summed E-state index contributed by atoms with van der Waals surface area (Å²) in [6, 6.07) is 79.9. The van der Waals surface area contributed by atoms with E-state index in [0.717, 1.165) is 22.4 Å². The minimum absolute atomic E-state index is 0.479. The highest BCUT2D eigenvalue weighted by Crippen LogP contribution is 2.46. The number of nitrogens with two attached hydrogens (primary N) is 1. The molecule has 60 heavy (non-hydrogen) atoms. The van der Waals surface area contributed by atoms with E-state index in [1.807, 2.05) is 30.3 Å². The number of nitrogens with zero attached hydrogens (tertiary/aromatic N) is 1. The van der Waals surface area contributed by atoms with Gasteiger partial charge in [-0.25, -0.2) is 4.99 Å². The summed E-state index contributed by atoms with van der Waals surface area (Å²) in [7, 11) is 0. The number of aliphatic imine (C=N–C) groups is 1. The molecule has 0 aliphatic carbocycles. The summed E-state index contributed by atoms with van der Waals surface area (Å²) in [5.41, 5.74) is 20.3. The number of amidine groups is 1. The SMILES string of the molecule is NC(=N/C(=C\Cc1cc(-c2ccccc2)ccc1-c1ccccc1)c1ccc(-c2c3ccccc3c(-c3ccccc3)c3ccc4ccccc4c23)cc1)c1ccccc1. The molecule has 2 nitrogen and oxygen atoms in total. The fourth-order valence-corrected chi connectivity index (χ4v) is 8.68. The van der Waals surface area contributed by atoms with Crippen molar-refractivity contribution in [2.24, 2.45) is 10.7 Å². The highest BCUT2D eigenvalue weighted by Gasteiger charge is 2.19. The van der Waals surface area contributed by atoms with Crippen LogP contribution in [0.4, 0.5) is 0 Å². The molecule has 0 aliphatic heterocycles. The van der Waals surface area contributed by atoms with Crippen molar-refractivity contribution >= 4 is 43.9 Å². The lowest BCUT2D eigenvalue weighted by Crippen LogP contribution is -2.13. The Morgan fingerprint density at radius 2 is 0.933 bits per heavy atom. The van der Waals surface area contributed by atoms with Gasteiger partial charge in [0.2, 0.25) is 0 Å². The topological polar surface area (TPSA) is 38.4 Å². The minimum Gasteiger partial charge on any atom is -0.383 e. The zero-order valence-electron chi connectivity index (χ0n) is 33.2. The van der Waals surface area contributed by atoms with Crippen molar-refractivity contribution < 1.29 is 0 Å². The molecular weight excluding hydrogens is 725 g/mol. The maximum atomic E-state index is 6.79. The molecule has 0 radical (unpaired) electrons. The lowest BCUT2D eigenvalue weighted by atomic mass is 9.84. The molecule has 0 spiro atoms. The Kier molecular flexibility index (Phi) is 9.87. The molecule has 0 unspecified atom stereocenters. The second kappa shape index (κ2) is 16.2. The minimum atomic E-state index is 0.479. The predicted molar refractivity (Wildman–Crippen MR) is 256 cm³/mol. The van der Waals surface area contributed by atoms with Gasteiger partial charge >= 0.3 is 0 Å². The number of hydrogen-bond acceptors (Lipinski definition) is 1. The Labute approximate surface area is 351 Å². The Hall–Kier alpha value is -7.81. The Balaban J connectivity index is 1.14. The Morgan fingerprint density at radius 3 is 1.62 bits per heavy atom. The molecule has 0 bridgehead atoms. The van der Waals surface area contributed by atoms with Crippen molar-refractivity contribution in [3.63, 3.8) is 0 Å². The van der Waals surface area contributed by atoms with Crippen molar-refractivity contribution in [3.8, 4) is 44.5 Å². The summed E-state index contributed by atoms with van der Waals surface area (Å²) < 4.78 is 0. The highest BCUT2D eigenvalue weighted by atomic mass is 14.9. The van der Waals surface area contributed by atoms with E-state index in [2.05, 4.69) is 200 Å². The maximum absolute atomic E-state index is 6.79. The summed E-state index contributed by atoms with van der Waals surface area (Å²) in [4.78, 5) is 5.16. The average molecular weight is 767 g/mol. The largest absolute Gasteiger partial charge is 0.383 e. The Bertz CT molecular complexity index is 3190. The van der Waals surface area contributed by atoms with Crippen LogP contribution in [0.3, 0.4) is 0 Å². The molecule has 0 amide bonds. The van der Waals surface area contributed by atoms with Crippen LogP contribution in [0.2, 0.25) is 0 Å². The van der Waals surface area contributed by atoms with Crippen LogP contribution in [0.5, 0.6) is 0 Å². The molecule has 2 heteroatoms. The van der Waals surface area contributed by atoms with E-state index in [-0.39, 0.29) is 0 Å². The molecular formula is C58H42N2. The van der Waals surface area contributed by atoms with Crippen LogP contribution in [-0.2, 0) is 6.42 Å². The number of allylic oxidation sites excluding steroid dienone is 1. The third kappa shape index (κ3) is 7.06. The van der Waals surface area contributed by atoms with Gasteiger partial charge in [-0.3, -0.25) is 0 Å². The molecule has 284 valence electrons. The average Bonchev–Trinajstić information content (AvgIpc) is 3.33. The molecule has 0 atom stereocenters. The third-order valence-corrected chi connectivity index (χ3v) is 11.6. The number of benzene rings is 10. The van der Waals surface area contributed by atoms with Crippen molar-refractivity contribution in [1.82, 2.24) is 0 Å². The van der Waals surface area contributed by atoms with E-state index in [9.17, 15) is 0 Å². The summed E-state index contributed by atoms with van der Waals surface area (Å²) >= 11 is 0. The fraction of sp³-hybridized carbons (Fsp3) is 0.0172. The van der Waals surface area contributed by atoms with Crippen LogP contribution in [0.15, 0.2) is 236 Å².